The zero-order chi connectivity index (χ0) is 21.4. The summed E-state index contributed by atoms with van der Waals surface area (Å²) in [7, 11) is -1.51. The molecule has 29 heavy (non-hydrogen) atoms. The third-order valence-corrected chi connectivity index (χ3v) is 6.94. The fourth-order valence-electron chi connectivity index (χ4n) is 3.21. The van der Waals surface area contributed by atoms with E-state index in [1.54, 1.807) is 12.1 Å². The molecule has 2 N–H and O–H groups in total. The van der Waals surface area contributed by atoms with E-state index in [1.807, 2.05) is 20.9 Å². The van der Waals surface area contributed by atoms with Gasteiger partial charge in [0.2, 0.25) is 10.0 Å². The van der Waals surface area contributed by atoms with Crippen molar-refractivity contribution in [3.05, 3.63) is 59.7 Å². The number of nitrogens with one attached hydrogen (secondary N) is 2. The second-order valence-corrected chi connectivity index (χ2v) is 9.08. The molecule has 1 amide bonds. The molecule has 2 aromatic rings. The van der Waals surface area contributed by atoms with E-state index in [1.165, 1.54) is 27.6 Å². The molecular formula is C22H32N3O3S+. The summed E-state index contributed by atoms with van der Waals surface area (Å²) in [5.74, 6) is -0.105. The van der Waals surface area contributed by atoms with Crippen molar-refractivity contribution in [1.82, 2.24) is 4.31 Å². The van der Waals surface area contributed by atoms with Gasteiger partial charge in [-0.25, -0.2) is 8.42 Å². The summed E-state index contributed by atoms with van der Waals surface area (Å²) < 4.78 is 26.5. The molecule has 0 aliphatic carbocycles. The minimum Gasteiger partial charge on any atom is -0.326 e. The molecule has 1 unspecified atom stereocenters. The van der Waals surface area contributed by atoms with E-state index in [2.05, 4.69) is 36.5 Å². The summed E-state index contributed by atoms with van der Waals surface area (Å²) in [5, 5.41) is 2.84. The maximum atomic E-state index is 12.5. The Morgan fingerprint density at radius 1 is 0.931 bits per heavy atom. The van der Waals surface area contributed by atoms with Gasteiger partial charge in [0.05, 0.1) is 11.9 Å². The topological polar surface area (TPSA) is 70.9 Å². The molecule has 7 heteroatoms. The minimum absolute atomic E-state index is 0.105. The predicted molar refractivity (Wildman–Crippen MR) is 116 cm³/mol. The van der Waals surface area contributed by atoms with Crippen LogP contribution in [-0.2, 0) is 27.8 Å². The number of amides is 1. The van der Waals surface area contributed by atoms with Gasteiger partial charge in [0.1, 0.15) is 6.54 Å². The van der Waals surface area contributed by atoms with Gasteiger partial charge in [-0.05, 0) is 36.2 Å². The maximum Gasteiger partial charge on any atom is 0.279 e. The lowest BCUT2D eigenvalue weighted by Gasteiger charge is -2.18. The first-order valence-corrected chi connectivity index (χ1v) is 11.5. The van der Waals surface area contributed by atoms with E-state index in [4.69, 9.17) is 0 Å². The van der Waals surface area contributed by atoms with E-state index in [-0.39, 0.29) is 10.8 Å². The SMILES string of the molecule is CCc1ccc(C[NH+](C)CC(=O)Nc2ccc(S(=O)(=O)N(CC)CC)cc2)cc1. The number of anilines is 1. The highest BCUT2D eigenvalue weighted by Gasteiger charge is 2.21. The molecule has 0 aromatic heterocycles. The van der Waals surface area contributed by atoms with Crippen LogP contribution >= 0.6 is 0 Å². The lowest BCUT2D eigenvalue weighted by molar-refractivity contribution is -0.885. The van der Waals surface area contributed by atoms with Gasteiger partial charge in [-0.3, -0.25) is 4.79 Å². The Morgan fingerprint density at radius 2 is 1.48 bits per heavy atom. The molecule has 2 aromatic carbocycles. The summed E-state index contributed by atoms with van der Waals surface area (Å²) in [5.41, 5.74) is 3.09. The van der Waals surface area contributed by atoms with Gasteiger partial charge in [0.25, 0.3) is 5.91 Å². The van der Waals surface area contributed by atoms with Crippen LogP contribution in [0.5, 0.6) is 0 Å². The highest BCUT2D eigenvalue weighted by Crippen LogP contribution is 2.18. The van der Waals surface area contributed by atoms with Crippen LogP contribution in [0.3, 0.4) is 0 Å². The van der Waals surface area contributed by atoms with E-state index in [9.17, 15) is 13.2 Å². The Bertz CT molecular complexity index is 890. The largest absolute Gasteiger partial charge is 0.326 e. The van der Waals surface area contributed by atoms with Gasteiger partial charge in [0, 0.05) is 24.3 Å². The fraction of sp³-hybridized carbons (Fsp3) is 0.409. The monoisotopic (exact) mass is 418 g/mol. The number of sulfonamides is 1. The zero-order valence-corrected chi connectivity index (χ0v) is 18.6. The standard InChI is InChI=1S/C22H31N3O3S/c1-5-18-8-10-19(11-9-18)16-24(4)17-22(26)23-20-12-14-21(15-13-20)29(27,28)25(6-2)7-3/h8-15H,5-7,16-17H2,1-4H3,(H,23,26)/p+1. The van der Waals surface area contributed by atoms with Gasteiger partial charge in [0.15, 0.2) is 6.54 Å². The highest BCUT2D eigenvalue weighted by molar-refractivity contribution is 7.89. The van der Waals surface area contributed by atoms with E-state index >= 15 is 0 Å². The number of hydrogen-bond acceptors (Lipinski definition) is 3. The number of benzene rings is 2. The van der Waals surface area contributed by atoms with Gasteiger partial charge in [-0.1, -0.05) is 45.0 Å². The maximum absolute atomic E-state index is 12.5. The van der Waals surface area contributed by atoms with E-state index in [0.29, 0.717) is 25.3 Å². The van der Waals surface area contributed by atoms with Crippen LogP contribution in [-0.4, -0.2) is 45.3 Å². The van der Waals surface area contributed by atoms with Crippen LogP contribution in [0.1, 0.15) is 31.9 Å². The molecule has 0 saturated heterocycles. The third-order valence-electron chi connectivity index (χ3n) is 4.88. The van der Waals surface area contributed by atoms with Gasteiger partial charge in [-0.2, -0.15) is 4.31 Å². The molecular weight excluding hydrogens is 386 g/mol. The zero-order valence-electron chi connectivity index (χ0n) is 17.7. The second-order valence-electron chi connectivity index (χ2n) is 7.14. The van der Waals surface area contributed by atoms with Crippen molar-refractivity contribution in [2.24, 2.45) is 0 Å². The van der Waals surface area contributed by atoms with Crippen molar-refractivity contribution >= 4 is 21.6 Å². The quantitative estimate of drug-likeness (QED) is 0.619. The first-order chi connectivity index (χ1) is 13.8. The van der Waals surface area contributed by atoms with Crippen molar-refractivity contribution in [3.8, 4) is 0 Å². The van der Waals surface area contributed by atoms with Gasteiger partial charge in [-0.15, -0.1) is 0 Å². The van der Waals surface area contributed by atoms with Crippen LogP contribution < -0.4 is 10.2 Å². The summed E-state index contributed by atoms with van der Waals surface area (Å²) >= 11 is 0. The molecule has 0 aliphatic heterocycles. The Morgan fingerprint density at radius 3 is 2.00 bits per heavy atom. The van der Waals surface area contributed by atoms with Crippen molar-refractivity contribution in [1.29, 1.82) is 0 Å². The molecule has 0 saturated carbocycles. The van der Waals surface area contributed by atoms with Crippen molar-refractivity contribution < 1.29 is 18.1 Å². The number of quaternary nitrogens is 1. The van der Waals surface area contributed by atoms with Crippen LogP contribution in [0.2, 0.25) is 0 Å². The number of aryl methyl sites for hydroxylation is 1. The number of rotatable bonds is 10. The molecule has 1 atom stereocenters. The highest BCUT2D eigenvalue weighted by atomic mass is 32.2. The van der Waals surface area contributed by atoms with Crippen LogP contribution in [0.15, 0.2) is 53.4 Å². The predicted octanol–water partition coefficient (Wildman–Crippen LogP) is 1.93. The number of likely N-dealkylation sites (N-methyl/N-ethyl adjacent to an activating group) is 1. The normalized spacial score (nSPS) is 12.7. The Balaban J connectivity index is 1.93. The fourth-order valence-corrected chi connectivity index (χ4v) is 4.66. The number of carbonyl (C=O) groups is 1. The molecule has 0 fully saturated rings. The number of nitrogens with zero attached hydrogens (tertiary/aromatic N) is 1. The average molecular weight is 419 g/mol. The van der Waals surface area contributed by atoms with Crippen LogP contribution in [0.4, 0.5) is 5.69 Å². The molecule has 0 spiro atoms. The van der Waals surface area contributed by atoms with Gasteiger partial charge < -0.3 is 10.2 Å². The smallest absolute Gasteiger partial charge is 0.279 e. The molecule has 2 rings (SSSR count). The first-order valence-electron chi connectivity index (χ1n) is 10.1. The first kappa shape index (κ1) is 23.1. The Labute approximate surface area is 174 Å². The number of carbonyl (C=O) groups excluding carboxylic acids is 1. The van der Waals surface area contributed by atoms with Gasteiger partial charge >= 0.3 is 0 Å². The van der Waals surface area contributed by atoms with E-state index < -0.39 is 10.0 Å². The molecule has 0 heterocycles. The number of hydrogen-bond donors (Lipinski definition) is 2. The van der Waals surface area contributed by atoms with Crippen molar-refractivity contribution in [2.75, 3.05) is 32.0 Å². The molecule has 6 nitrogen and oxygen atoms in total. The summed E-state index contributed by atoms with van der Waals surface area (Å²) in [6.07, 6.45) is 1.01. The Hall–Kier alpha value is -2.22. The summed E-state index contributed by atoms with van der Waals surface area (Å²) in [6, 6.07) is 14.8. The second kappa shape index (κ2) is 10.5. The van der Waals surface area contributed by atoms with E-state index in [0.717, 1.165) is 17.9 Å². The van der Waals surface area contributed by atoms with Crippen LogP contribution in [0.25, 0.3) is 0 Å². The summed E-state index contributed by atoms with van der Waals surface area (Å²) in [4.78, 5) is 13.6. The van der Waals surface area contributed by atoms with Crippen LogP contribution in [0, 0.1) is 0 Å². The molecule has 0 aliphatic rings. The average Bonchev–Trinajstić information content (AvgIpc) is 2.69. The lowest BCUT2D eigenvalue weighted by atomic mass is 10.1. The van der Waals surface area contributed by atoms with Crippen molar-refractivity contribution in [3.63, 3.8) is 0 Å². The molecule has 158 valence electrons. The Kier molecular flexibility index (Phi) is 8.37. The molecule has 0 bridgehead atoms. The summed E-state index contributed by atoms with van der Waals surface area (Å²) in [6.45, 7) is 7.69. The minimum atomic E-state index is -3.49. The van der Waals surface area contributed by atoms with Crippen molar-refractivity contribution in [2.45, 2.75) is 38.6 Å². The lowest BCUT2D eigenvalue weighted by Crippen LogP contribution is -3.08. The third kappa shape index (κ3) is 6.39. The molecule has 0 radical (unpaired) electrons.